The van der Waals surface area contributed by atoms with Gasteiger partial charge in [0, 0.05) is 19.3 Å². The number of hydrogen-bond acceptors (Lipinski definition) is 5. The van der Waals surface area contributed by atoms with E-state index in [1.54, 1.807) is 14.0 Å². The lowest BCUT2D eigenvalue weighted by Gasteiger charge is -2.19. The van der Waals surface area contributed by atoms with E-state index in [0.717, 1.165) is 11.8 Å². The summed E-state index contributed by atoms with van der Waals surface area (Å²) in [5, 5.41) is 2.39. The zero-order chi connectivity index (χ0) is 12.8. The molecule has 0 aromatic heterocycles. The van der Waals surface area contributed by atoms with Gasteiger partial charge in [0.25, 0.3) is 5.24 Å². The summed E-state index contributed by atoms with van der Waals surface area (Å²) in [5.41, 5.74) is 0. The Bertz CT molecular complexity index is 321. The first-order valence-corrected chi connectivity index (χ1v) is 6.37. The van der Waals surface area contributed by atoms with E-state index < -0.39 is 6.04 Å². The summed E-state index contributed by atoms with van der Waals surface area (Å²) in [6.45, 7) is 2.37. The average Bonchev–Trinajstić information content (AvgIpc) is 2.72. The second-order valence-electron chi connectivity index (χ2n) is 3.61. The van der Waals surface area contributed by atoms with Gasteiger partial charge in [-0.05, 0) is 6.92 Å². The van der Waals surface area contributed by atoms with Crippen LogP contribution in [-0.4, -0.2) is 54.0 Å². The van der Waals surface area contributed by atoms with E-state index in [0.29, 0.717) is 18.9 Å². The molecule has 0 bridgehead atoms. The molecule has 0 aliphatic carbocycles. The number of esters is 1. The monoisotopic (exact) mass is 260 g/mol. The van der Waals surface area contributed by atoms with Crippen LogP contribution in [0.1, 0.15) is 13.3 Å². The molecule has 6 nitrogen and oxygen atoms in total. The molecule has 1 saturated heterocycles. The number of nitrogens with one attached hydrogen (secondary N) is 1. The molecule has 1 fully saturated rings. The van der Waals surface area contributed by atoms with Gasteiger partial charge < -0.3 is 15.0 Å². The summed E-state index contributed by atoms with van der Waals surface area (Å²) in [6, 6.07) is -0.473. The third kappa shape index (κ3) is 4.26. The van der Waals surface area contributed by atoms with E-state index in [4.69, 9.17) is 4.74 Å². The first-order chi connectivity index (χ1) is 8.04. The minimum atomic E-state index is -0.473. The predicted octanol–water partition coefficient (Wildman–Crippen LogP) is 0.223. The molecular formula is C10H16N2O4S. The van der Waals surface area contributed by atoms with Crippen LogP contribution in [0.2, 0.25) is 0 Å². The highest BCUT2D eigenvalue weighted by Crippen LogP contribution is 2.14. The summed E-state index contributed by atoms with van der Waals surface area (Å²) in [7, 11) is 1.61. The lowest BCUT2D eigenvalue weighted by atomic mass is 10.3. The second-order valence-corrected chi connectivity index (χ2v) is 4.60. The van der Waals surface area contributed by atoms with Gasteiger partial charge in [0.15, 0.2) is 0 Å². The summed E-state index contributed by atoms with van der Waals surface area (Å²) >= 11 is 1.09. The van der Waals surface area contributed by atoms with Crippen molar-refractivity contribution in [2.75, 3.05) is 26.0 Å². The maximum Gasteiger partial charge on any atom is 0.307 e. The Morgan fingerprint density at radius 2 is 2.29 bits per heavy atom. The maximum absolute atomic E-state index is 11.8. The van der Waals surface area contributed by atoms with Crippen LogP contribution in [0.25, 0.3) is 0 Å². The van der Waals surface area contributed by atoms with Gasteiger partial charge in [-0.2, -0.15) is 0 Å². The topological polar surface area (TPSA) is 75.7 Å². The van der Waals surface area contributed by atoms with Crippen molar-refractivity contribution in [3.63, 3.8) is 0 Å². The van der Waals surface area contributed by atoms with Crippen molar-refractivity contribution in [2.24, 2.45) is 0 Å². The minimum absolute atomic E-state index is 0.171. The van der Waals surface area contributed by atoms with Gasteiger partial charge in [-0.25, -0.2) is 0 Å². The van der Waals surface area contributed by atoms with Crippen molar-refractivity contribution in [3.8, 4) is 0 Å². The van der Waals surface area contributed by atoms with Crippen LogP contribution in [-0.2, 0) is 14.3 Å². The largest absolute Gasteiger partial charge is 0.466 e. The first-order valence-electron chi connectivity index (χ1n) is 5.38. The number of thioether (sulfide) groups is 1. The molecule has 0 radical (unpaired) electrons. The number of carbonyl (C=O) groups is 3. The molecule has 1 N–H and O–H groups in total. The molecule has 1 atom stereocenters. The van der Waals surface area contributed by atoms with Gasteiger partial charge in [-0.15, -0.1) is 0 Å². The molecule has 0 spiro atoms. The highest BCUT2D eigenvalue weighted by molar-refractivity contribution is 8.14. The second kappa shape index (κ2) is 6.48. The number of amides is 2. The third-order valence-corrected chi connectivity index (χ3v) is 3.18. The van der Waals surface area contributed by atoms with Crippen LogP contribution in [0, 0.1) is 0 Å². The summed E-state index contributed by atoms with van der Waals surface area (Å²) in [6.07, 6.45) is 0.171. The first kappa shape index (κ1) is 13.8. The van der Waals surface area contributed by atoms with Crippen LogP contribution < -0.4 is 5.32 Å². The number of likely N-dealkylation sites (N-methyl/N-ethyl adjacent to an activating group) is 1. The highest BCUT2D eigenvalue weighted by atomic mass is 32.2. The van der Waals surface area contributed by atoms with E-state index in [2.05, 4.69) is 5.32 Å². The maximum atomic E-state index is 11.8. The van der Waals surface area contributed by atoms with E-state index >= 15 is 0 Å². The predicted molar refractivity (Wildman–Crippen MR) is 63.7 cm³/mol. The SMILES string of the molecule is CCOC(=O)CCN(C)C(=O)C1CSC(=O)N1. The molecule has 1 heterocycles. The zero-order valence-corrected chi connectivity index (χ0v) is 10.7. The lowest BCUT2D eigenvalue weighted by Crippen LogP contribution is -2.44. The minimum Gasteiger partial charge on any atom is -0.466 e. The van der Waals surface area contributed by atoms with Gasteiger partial charge in [0.05, 0.1) is 13.0 Å². The molecule has 7 heteroatoms. The number of carbonyl (C=O) groups excluding carboxylic acids is 3. The average molecular weight is 260 g/mol. The van der Waals surface area contributed by atoms with E-state index in [1.807, 2.05) is 0 Å². The number of hydrogen-bond donors (Lipinski definition) is 1. The Morgan fingerprint density at radius 1 is 1.59 bits per heavy atom. The fourth-order valence-electron chi connectivity index (χ4n) is 1.39. The summed E-state index contributed by atoms with van der Waals surface area (Å²) < 4.78 is 4.76. The molecule has 0 aromatic carbocycles. The molecule has 0 saturated carbocycles. The fraction of sp³-hybridized carbons (Fsp3) is 0.700. The van der Waals surface area contributed by atoms with Gasteiger partial charge in [0.1, 0.15) is 6.04 Å². The Morgan fingerprint density at radius 3 is 2.82 bits per heavy atom. The van der Waals surface area contributed by atoms with E-state index in [-0.39, 0.29) is 23.5 Å². The Labute approximate surface area is 104 Å². The zero-order valence-electron chi connectivity index (χ0n) is 9.89. The lowest BCUT2D eigenvalue weighted by molar-refractivity contribution is -0.144. The molecule has 17 heavy (non-hydrogen) atoms. The van der Waals surface area contributed by atoms with Gasteiger partial charge >= 0.3 is 5.97 Å². The van der Waals surface area contributed by atoms with E-state index in [9.17, 15) is 14.4 Å². The van der Waals surface area contributed by atoms with Crippen LogP contribution >= 0.6 is 11.8 Å². The van der Waals surface area contributed by atoms with Crippen molar-refractivity contribution in [1.82, 2.24) is 10.2 Å². The van der Waals surface area contributed by atoms with Crippen molar-refractivity contribution in [2.45, 2.75) is 19.4 Å². The Kier molecular flexibility index (Phi) is 5.27. The van der Waals surface area contributed by atoms with Gasteiger partial charge in [0.2, 0.25) is 5.91 Å². The molecule has 0 aromatic rings. The molecule has 2 amide bonds. The summed E-state index contributed by atoms with van der Waals surface area (Å²) in [5.74, 6) is -0.0499. The third-order valence-electron chi connectivity index (χ3n) is 2.30. The molecule has 1 rings (SSSR count). The Balaban J connectivity index is 2.32. The summed E-state index contributed by atoms with van der Waals surface area (Å²) in [4.78, 5) is 35.3. The van der Waals surface area contributed by atoms with Crippen LogP contribution in [0.4, 0.5) is 4.79 Å². The van der Waals surface area contributed by atoms with Gasteiger partial charge in [-0.3, -0.25) is 14.4 Å². The smallest absolute Gasteiger partial charge is 0.307 e. The number of ether oxygens (including phenoxy) is 1. The normalized spacial score (nSPS) is 18.7. The van der Waals surface area contributed by atoms with Crippen molar-refractivity contribution in [1.29, 1.82) is 0 Å². The highest BCUT2D eigenvalue weighted by Gasteiger charge is 2.30. The van der Waals surface area contributed by atoms with Crippen molar-refractivity contribution < 1.29 is 19.1 Å². The van der Waals surface area contributed by atoms with Gasteiger partial charge in [-0.1, -0.05) is 11.8 Å². The Hall–Kier alpha value is -1.24. The molecule has 96 valence electrons. The van der Waals surface area contributed by atoms with E-state index in [1.165, 1.54) is 4.90 Å². The van der Waals surface area contributed by atoms with Crippen molar-refractivity contribution >= 4 is 28.9 Å². The fourth-order valence-corrected chi connectivity index (χ4v) is 2.16. The van der Waals surface area contributed by atoms with Crippen molar-refractivity contribution in [3.05, 3.63) is 0 Å². The molecule has 1 aliphatic heterocycles. The number of nitrogens with zero attached hydrogens (tertiary/aromatic N) is 1. The van der Waals surface area contributed by atoms with Crippen LogP contribution in [0.3, 0.4) is 0 Å². The molecule has 1 aliphatic rings. The van der Waals surface area contributed by atoms with Crippen LogP contribution in [0.15, 0.2) is 0 Å². The molecular weight excluding hydrogens is 244 g/mol. The molecule has 1 unspecified atom stereocenters. The standard InChI is InChI=1S/C10H16N2O4S/c1-3-16-8(13)4-5-12(2)9(14)7-6-17-10(15)11-7/h7H,3-6H2,1-2H3,(H,11,15). The van der Waals surface area contributed by atoms with Crippen LogP contribution in [0.5, 0.6) is 0 Å². The number of rotatable bonds is 5. The quantitative estimate of drug-likeness (QED) is 0.716.